The third-order valence-electron chi connectivity index (χ3n) is 8.75. The summed E-state index contributed by atoms with van der Waals surface area (Å²) >= 11 is 0. The van der Waals surface area contributed by atoms with Crippen LogP contribution in [0.4, 0.5) is 0 Å². The third-order valence-corrected chi connectivity index (χ3v) is 8.75. The van der Waals surface area contributed by atoms with Gasteiger partial charge in [0.1, 0.15) is 0 Å². The van der Waals surface area contributed by atoms with Gasteiger partial charge in [0.25, 0.3) is 0 Å². The van der Waals surface area contributed by atoms with Gasteiger partial charge in [0.15, 0.2) is 0 Å². The van der Waals surface area contributed by atoms with Gasteiger partial charge in [0.2, 0.25) is 0 Å². The highest BCUT2D eigenvalue weighted by Crippen LogP contribution is 2.62. The van der Waals surface area contributed by atoms with Gasteiger partial charge in [-0.2, -0.15) is 0 Å². The molecule has 0 radical (unpaired) electrons. The van der Waals surface area contributed by atoms with E-state index in [4.69, 9.17) is 37.9 Å². The molecule has 4 aliphatic rings. The molecule has 0 aromatic carbocycles. The van der Waals surface area contributed by atoms with Crippen LogP contribution in [0, 0.1) is 27.1 Å². The van der Waals surface area contributed by atoms with E-state index in [1.807, 2.05) is 0 Å². The predicted molar refractivity (Wildman–Crippen MR) is 121 cm³/mol. The van der Waals surface area contributed by atoms with Crippen LogP contribution in [0.25, 0.3) is 0 Å². The molecule has 0 saturated carbocycles. The summed E-state index contributed by atoms with van der Waals surface area (Å²) in [6.07, 6.45) is -1.03. The van der Waals surface area contributed by atoms with Crippen molar-refractivity contribution in [3.63, 3.8) is 0 Å². The summed E-state index contributed by atoms with van der Waals surface area (Å²) in [5.74, 6) is 0. The molecule has 192 valence electrons. The maximum atomic E-state index is 6.52. The average Bonchev–Trinajstić information content (AvgIpc) is 2.70. The Hall–Kier alpha value is -0.320. The Labute approximate surface area is 198 Å². The second-order valence-electron chi connectivity index (χ2n) is 12.1. The van der Waals surface area contributed by atoms with E-state index in [0.29, 0.717) is 52.9 Å². The molecule has 33 heavy (non-hydrogen) atoms. The van der Waals surface area contributed by atoms with Crippen LogP contribution in [0.2, 0.25) is 0 Å². The molecule has 0 spiro atoms. The Bertz CT molecular complexity index is 562. The van der Waals surface area contributed by atoms with Gasteiger partial charge < -0.3 is 37.9 Å². The molecule has 0 aliphatic carbocycles. The van der Waals surface area contributed by atoms with Gasteiger partial charge in [-0.25, -0.2) is 0 Å². The summed E-state index contributed by atoms with van der Waals surface area (Å²) in [6, 6.07) is 0. The summed E-state index contributed by atoms with van der Waals surface area (Å²) in [6.45, 7) is 13.9. The molecule has 4 unspecified atom stereocenters. The van der Waals surface area contributed by atoms with Crippen molar-refractivity contribution in [2.24, 2.45) is 27.1 Å². The molecular weight excluding hydrogens is 428 g/mol. The Balaban J connectivity index is 1.99. The second-order valence-corrected chi connectivity index (χ2v) is 12.1. The van der Waals surface area contributed by atoms with Crippen molar-refractivity contribution in [3.05, 3.63) is 0 Å². The fourth-order valence-corrected chi connectivity index (χ4v) is 7.50. The van der Waals surface area contributed by atoms with E-state index in [2.05, 4.69) is 27.7 Å². The minimum absolute atomic E-state index is 0.220. The van der Waals surface area contributed by atoms with Crippen molar-refractivity contribution in [1.82, 2.24) is 0 Å². The quantitative estimate of drug-likeness (QED) is 0.428. The van der Waals surface area contributed by atoms with E-state index < -0.39 is 5.41 Å². The molecule has 0 N–H and O–H groups in total. The molecule has 4 saturated heterocycles. The Kier molecular flexibility index (Phi) is 7.00. The zero-order valence-corrected chi connectivity index (χ0v) is 21.7. The van der Waals surface area contributed by atoms with Gasteiger partial charge >= 0.3 is 0 Å². The van der Waals surface area contributed by atoms with Gasteiger partial charge in [-0.1, -0.05) is 27.7 Å². The van der Waals surface area contributed by atoms with Crippen LogP contribution in [-0.4, -0.2) is 106 Å². The highest BCUT2D eigenvalue weighted by Gasteiger charge is 2.74. The molecule has 4 rings (SSSR count). The first-order valence-corrected chi connectivity index (χ1v) is 12.0. The SMILES string of the molecule is COC(C1(C)COC1)C(C(OC)C1(C)COC1)(C(OC)C1(C)COC1)C(OC)C1(C)COC1. The molecular formula is C25H44O8. The minimum atomic E-state index is -0.693. The first-order chi connectivity index (χ1) is 15.6. The van der Waals surface area contributed by atoms with Crippen molar-refractivity contribution < 1.29 is 37.9 Å². The maximum Gasteiger partial charge on any atom is 0.0800 e. The van der Waals surface area contributed by atoms with Crippen LogP contribution >= 0.6 is 0 Å². The second kappa shape index (κ2) is 8.96. The molecule has 0 aromatic rings. The lowest BCUT2D eigenvalue weighted by atomic mass is 9.47. The lowest BCUT2D eigenvalue weighted by Gasteiger charge is -2.68. The Morgan fingerprint density at radius 3 is 0.727 bits per heavy atom. The summed E-state index contributed by atoms with van der Waals surface area (Å²) in [5, 5.41) is 0. The highest BCUT2D eigenvalue weighted by molar-refractivity contribution is 5.21. The van der Waals surface area contributed by atoms with Crippen LogP contribution in [0.5, 0.6) is 0 Å². The van der Waals surface area contributed by atoms with Gasteiger partial charge in [-0.05, 0) is 0 Å². The monoisotopic (exact) mass is 472 g/mol. The third kappa shape index (κ3) is 3.63. The normalized spacial score (nSPS) is 32.0. The lowest BCUT2D eigenvalue weighted by Crippen LogP contribution is -2.79. The van der Waals surface area contributed by atoms with Crippen LogP contribution < -0.4 is 0 Å². The first kappa shape index (κ1) is 25.8. The standard InChI is InChI=1S/C25H44O8/c1-21(9-30-10-21)17(26-5)25(18(27-6)22(2)11-31-12-22,19(28-7)23(3)13-32-14-23)20(29-8)24(4)15-33-16-24/h17-20H,9-16H2,1-8H3. The van der Waals surface area contributed by atoms with E-state index in [9.17, 15) is 0 Å². The summed E-state index contributed by atoms with van der Waals surface area (Å²) in [4.78, 5) is 0. The van der Waals surface area contributed by atoms with Crippen molar-refractivity contribution in [3.8, 4) is 0 Å². The predicted octanol–water partition coefficient (Wildman–Crippen LogP) is 2.18. The van der Waals surface area contributed by atoms with Gasteiger partial charge in [0.05, 0.1) is 82.7 Å². The Morgan fingerprint density at radius 1 is 0.455 bits per heavy atom. The van der Waals surface area contributed by atoms with Crippen molar-refractivity contribution >= 4 is 0 Å². The van der Waals surface area contributed by atoms with E-state index >= 15 is 0 Å². The molecule has 0 amide bonds. The molecule has 4 aliphatic heterocycles. The number of hydrogen-bond donors (Lipinski definition) is 0. The molecule has 8 nitrogen and oxygen atoms in total. The number of hydrogen-bond acceptors (Lipinski definition) is 8. The molecule has 4 atom stereocenters. The Morgan fingerprint density at radius 2 is 0.636 bits per heavy atom. The van der Waals surface area contributed by atoms with E-state index in [1.54, 1.807) is 28.4 Å². The van der Waals surface area contributed by atoms with E-state index in [-0.39, 0.29) is 46.1 Å². The van der Waals surface area contributed by atoms with Gasteiger partial charge in [-0.15, -0.1) is 0 Å². The van der Waals surface area contributed by atoms with Gasteiger partial charge in [-0.3, -0.25) is 0 Å². The summed E-state index contributed by atoms with van der Waals surface area (Å²) < 4.78 is 49.1. The van der Waals surface area contributed by atoms with Crippen LogP contribution in [0.15, 0.2) is 0 Å². The lowest BCUT2D eigenvalue weighted by molar-refractivity contribution is -0.361. The number of rotatable bonds is 12. The number of methoxy groups -OCH3 is 4. The van der Waals surface area contributed by atoms with Crippen LogP contribution in [0.1, 0.15) is 27.7 Å². The van der Waals surface area contributed by atoms with Crippen molar-refractivity contribution in [2.75, 3.05) is 81.3 Å². The average molecular weight is 473 g/mol. The fraction of sp³-hybridized carbons (Fsp3) is 1.00. The maximum absolute atomic E-state index is 6.52. The largest absolute Gasteiger partial charge is 0.380 e. The zero-order valence-electron chi connectivity index (χ0n) is 21.7. The minimum Gasteiger partial charge on any atom is -0.380 e. The number of ether oxygens (including phenoxy) is 8. The summed E-state index contributed by atoms with van der Waals surface area (Å²) in [5.41, 5.74) is -1.57. The van der Waals surface area contributed by atoms with Crippen LogP contribution in [0.3, 0.4) is 0 Å². The van der Waals surface area contributed by atoms with Crippen LogP contribution in [-0.2, 0) is 37.9 Å². The molecule has 8 heteroatoms. The summed E-state index contributed by atoms with van der Waals surface area (Å²) in [7, 11) is 7.20. The molecule has 0 bridgehead atoms. The molecule has 4 heterocycles. The fourth-order valence-electron chi connectivity index (χ4n) is 7.50. The zero-order chi connectivity index (χ0) is 24.1. The molecule has 4 fully saturated rings. The molecule has 0 aromatic heterocycles. The topological polar surface area (TPSA) is 73.8 Å². The van der Waals surface area contributed by atoms with E-state index in [0.717, 1.165) is 0 Å². The van der Waals surface area contributed by atoms with E-state index in [1.165, 1.54) is 0 Å². The van der Waals surface area contributed by atoms with Gasteiger partial charge in [0, 0.05) is 50.1 Å². The smallest absolute Gasteiger partial charge is 0.0800 e. The van der Waals surface area contributed by atoms with Crippen molar-refractivity contribution in [1.29, 1.82) is 0 Å². The highest BCUT2D eigenvalue weighted by atomic mass is 16.6. The first-order valence-electron chi connectivity index (χ1n) is 12.0. The van der Waals surface area contributed by atoms with Crippen molar-refractivity contribution in [2.45, 2.75) is 52.1 Å².